The van der Waals surface area contributed by atoms with Gasteiger partial charge in [-0.1, -0.05) is 23.7 Å². The summed E-state index contributed by atoms with van der Waals surface area (Å²) in [5.74, 6) is 1.09. The van der Waals surface area contributed by atoms with Crippen molar-refractivity contribution < 1.29 is 13.9 Å². The van der Waals surface area contributed by atoms with Crippen LogP contribution < -0.4 is 14.8 Å². The van der Waals surface area contributed by atoms with Crippen LogP contribution in [-0.4, -0.2) is 13.2 Å². The van der Waals surface area contributed by atoms with Gasteiger partial charge in [0.15, 0.2) is 11.5 Å². The predicted octanol–water partition coefficient (Wildman–Crippen LogP) is 4.42. The summed E-state index contributed by atoms with van der Waals surface area (Å²) in [6.45, 7) is 3.05. The number of nitrogens with one attached hydrogen (secondary N) is 1. The van der Waals surface area contributed by atoms with Gasteiger partial charge in [0.05, 0.1) is 10.7 Å². The average molecular weight is 308 g/mol. The second-order valence-electron chi connectivity index (χ2n) is 4.89. The first kappa shape index (κ1) is 14.0. The van der Waals surface area contributed by atoms with Gasteiger partial charge in [0, 0.05) is 18.2 Å². The number of rotatable bonds is 3. The first-order valence-electron chi connectivity index (χ1n) is 6.74. The van der Waals surface area contributed by atoms with E-state index in [0.29, 0.717) is 29.7 Å². The summed E-state index contributed by atoms with van der Waals surface area (Å²) in [5, 5.41) is 3.87. The first-order valence-corrected chi connectivity index (χ1v) is 7.12. The van der Waals surface area contributed by atoms with Crippen LogP contribution in [0.3, 0.4) is 0 Å². The third-order valence-corrected chi connectivity index (χ3v) is 3.69. The smallest absolute Gasteiger partial charge is 0.163 e. The largest absolute Gasteiger partial charge is 0.486 e. The molecule has 2 aromatic carbocycles. The van der Waals surface area contributed by atoms with Gasteiger partial charge in [0.25, 0.3) is 0 Å². The maximum atomic E-state index is 13.0. The number of ether oxygens (including phenoxy) is 2. The lowest BCUT2D eigenvalue weighted by Crippen LogP contribution is -2.16. The van der Waals surface area contributed by atoms with E-state index in [0.717, 1.165) is 11.3 Å². The Bertz CT molecular complexity index is 645. The molecule has 0 saturated carbocycles. The predicted molar refractivity (Wildman–Crippen MR) is 80.9 cm³/mol. The molecule has 0 radical (unpaired) electrons. The monoisotopic (exact) mass is 307 g/mol. The number of halogens is 2. The van der Waals surface area contributed by atoms with Crippen LogP contribution in [0.1, 0.15) is 18.5 Å². The minimum atomic E-state index is -0.247. The van der Waals surface area contributed by atoms with E-state index in [4.69, 9.17) is 21.1 Å². The summed E-state index contributed by atoms with van der Waals surface area (Å²) in [6.07, 6.45) is 0. The van der Waals surface area contributed by atoms with Crippen LogP contribution in [0.4, 0.5) is 10.1 Å². The Morgan fingerprint density at radius 2 is 1.71 bits per heavy atom. The van der Waals surface area contributed by atoms with Gasteiger partial charge in [-0.15, -0.1) is 0 Å². The van der Waals surface area contributed by atoms with Gasteiger partial charge >= 0.3 is 0 Å². The van der Waals surface area contributed by atoms with E-state index in [1.807, 2.05) is 13.0 Å². The zero-order valence-corrected chi connectivity index (χ0v) is 12.3. The van der Waals surface area contributed by atoms with Crippen LogP contribution >= 0.6 is 11.6 Å². The highest BCUT2D eigenvalue weighted by Crippen LogP contribution is 2.39. The van der Waals surface area contributed by atoms with Gasteiger partial charge in [-0.05, 0) is 24.6 Å². The molecule has 1 unspecified atom stereocenters. The zero-order valence-electron chi connectivity index (χ0n) is 11.5. The van der Waals surface area contributed by atoms with Crippen LogP contribution in [0.5, 0.6) is 11.5 Å². The van der Waals surface area contributed by atoms with Crippen LogP contribution in [0, 0.1) is 5.82 Å². The summed E-state index contributed by atoms with van der Waals surface area (Å²) in [4.78, 5) is 0. The molecule has 1 heterocycles. The molecule has 3 nitrogen and oxygen atoms in total. The summed E-state index contributed by atoms with van der Waals surface area (Å²) in [5.41, 5.74) is 1.74. The lowest BCUT2D eigenvalue weighted by molar-refractivity contribution is 0.171. The van der Waals surface area contributed by atoms with Crippen LogP contribution in [0.2, 0.25) is 5.02 Å². The first-order chi connectivity index (χ1) is 10.1. The van der Waals surface area contributed by atoms with E-state index < -0.39 is 0 Å². The average Bonchev–Trinajstić information content (AvgIpc) is 2.48. The molecule has 5 heteroatoms. The summed E-state index contributed by atoms with van der Waals surface area (Å²) >= 11 is 6.26. The molecule has 1 aliphatic rings. The third-order valence-electron chi connectivity index (χ3n) is 3.37. The Labute approximate surface area is 127 Å². The fourth-order valence-corrected chi connectivity index (χ4v) is 2.45. The SMILES string of the molecule is CC(Nc1cc2c(cc1Cl)OCCO2)c1ccc(F)cc1. The highest BCUT2D eigenvalue weighted by Gasteiger charge is 2.16. The van der Waals surface area contributed by atoms with Crippen molar-refractivity contribution in [2.45, 2.75) is 13.0 Å². The molecular weight excluding hydrogens is 293 g/mol. The fourth-order valence-electron chi connectivity index (χ4n) is 2.24. The second-order valence-corrected chi connectivity index (χ2v) is 5.30. The molecule has 0 bridgehead atoms. The van der Waals surface area contributed by atoms with Crippen molar-refractivity contribution in [1.82, 2.24) is 0 Å². The molecule has 1 aliphatic heterocycles. The van der Waals surface area contributed by atoms with E-state index in [1.54, 1.807) is 18.2 Å². The van der Waals surface area contributed by atoms with E-state index in [2.05, 4.69) is 5.32 Å². The van der Waals surface area contributed by atoms with E-state index >= 15 is 0 Å². The van der Waals surface area contributed by atoms with Gasteiger partial charge < -0.3 is 14.8 Å². The number of hydrogen-bond donors (Lipinski definition) is 1. The number of anilines is 1. The normalized spacial score (nSPS) is 14.6. The maximum absolute atomic E-state index is 13.0. The maximum Gasteiger partial charge on any atom is 0.163 e. The molecule has 0 spiro atoms. The van der Waals surface area contributed by atoms with Crippen molar-refractivity contribution in [2.24, 2.45) is 0 Å². The van der Waals surface area contributed by atoms with Crippen molar-refractivity contribution in [2.75, 3.05) is 18.5 Å². The molecule has 1 N–H and O–H groups in total. The van der Waals surface area contributed by atoms with Crippen LogP contribution in [0.25, 0.3) is 0 Å². The lowest BCUT2D eigenvalue weighted by Gasteiger charge is -2.22. The molecule has 3 rings (SSSR count). The quantitative estimate of drug-likeness (QED) is 0.910. The topological polar surface area (TPSA) is 30.5 Å². The lowest BCUT2D eigenvalue weighted by atomic mass is 10.1. The number of benzene rings is 2. The fraction of sp³-hybridized carbons (Fsp3) is 0.250. The minimum Gasteiger partial charge on any atom is -0.486 e. The Hall–Kier alpha value is -1.94. The zero-order chi connectivity index (χ0) is 14.8. The Kier molecular flexibility index (Phi) is 3.88. The third kappa shape index (κ3) is 3.05. The molecular formula is C16H15ClFNO2. The Balaban J connectivity index is 1.82. The van der Waals surface area contributed by atoms with E-state index in [1.165, 1.54) is 12.1 Å². The molecule has 110 valence electrons. The van der Waals surface area contributed by atoms with Gasteiger partial charge in [-0.3, -0.25) is 0 Å². The number of hydrogen-bond acceptors (Lipinski definition) is 3. The summed E-state index contributed by atoms with van der Waals surface area (Å²) in [7, 11) is 0. The van der Waals surface area contributed by atoms with E-state index in [9.17, 15) is 4.39 Å². The van der Waals surface area contributed by atoms with Crippen molar-refractivity contribution in [3.63, 3.8) is 0 Å². The van der Waals surface area contributed by atoms with Gasteiger partial charge in [-0.25, -0.2) is 4.39 Å². The summed E-state index contributed by atoms with van der Waals surface area (Å²) in [6, 6.07) is 9.95. The second kappa shape index (κ2) is 5.82. The van der Waals surface area contributed by atoms with Crippen molar-refractivity contribution >= 4 is 17.3 Å². The van der Waals surface area contributed by atoms with Gasteiger partial charge in [0.2, 0.25) is 0 Å². The highest BCUT2D eigenvalue weighted by molar-refractivity contribution is 6.33. The highest BCUT2D eigenvalue weighted by atomic mass is 35.5. The van der Waals surface area contributed by atoms with E-state index in [-0.39, 0.29) is 11.9 Å². The van der Waals surface area contributed by atoms with Crippen LogP contribution in [0.15, 0.2) is 36.4 Å². The Morgan fingerprint density at radius 1 is 1.10 bits per heavy atom. The molecule has 0 saturated heterocycles. The van der Waals surface area contributed by atoms with Crippen LogP contribution in [-0.2, 0) is 0 Å². The van der Waals surface area contributed by atoms with Crippen molar-refractivity contribution in [3.05, 3.63) is 52.8 Å². The molecule has 0 aliphatic carbocycles. The van der Waals surface area contributed by atoms with Crippen molar-refractivity contribution in [1.29, 1.82) is 0 Å². The standard InChI is InChI=1S/C16H15ClFNO2/c1-10(11-2-4-12(18)5-3-11)19-14-9-16-15(8-13(14)17)20-6-7-21-16/h2-5,8-10,19H,6-7H2,1H3. The number of fused-ring (bicyclic) bond motifs is 1. The van der Waals surface area contributed by atoms with Crippen molar-refractivity contribution in [3.8, 4) is 11.5 Å². The molecule has 0 amide bonds. The molecule has 21 heavy (non-hydrogen) atoms. The Morgan fingerprint density at radius 3 is 2.38 bits per heavy atom. The molecule has 2 aromatic rings. The minimum absolute atomic E-state index is 0.00865. The van der Waals surface area contributed by atoms with Gasteiger partial charge in [-0.2, -0.15) is 0 Å². The molecule has 1 atom stereocenters. The summed E-state index contributed by atoms with van der Waals surface area (Å²) < 4.78 is 24.0. The molecule has 0 fully saturated rings. The molecule has 0 aromatic heterocycles. The van der Waals surface area contributed by atoms with Gasteiger partial charge in [0.1, 0.15) is 19.0 Å².